The van der Waals surface area contributed by atoms with Crippen molar-refractivity contribution in [2.45, 2.75) is 24.5 Å². The SMILES string of the molecule is CN1NN=C(C2CC23CN[C@@H](Cc2ccc(Cl)cc2)CO3)N1. The van der Waals surface area contributed by atoms with Crippen molar-refractivity contribution in [3.63, 3.8) is 0 Å². The number of nitrogens with one attached hydrogen (secondary N) is 3. The van der Waals surface area contributed by atoms with E-state index in [2.05, 4.69) is 33.5 Å². The van der Waals surface area contributed by atoms with Gasteiger partial charge in [-0.15, -0.1) is 10.2 Å². The van der Waals surface area contributed by atoms with Crippen molar-refractivity contribution in [1.29, 1.82) is 0 Å². The zero-order valence-electron chi connectivity index (χ0n) is 12.5. The van der Waals surface area contributed by atoms with Crippen LogP contribution in [-0.2, 0) is 11.2 Å². The van der Waals surface area contributed by atoms with E-state index in [4.69, 9.17) is 16.3 Å². The number of amidine groups is 1. The van der Waals surface area contributed by atoms with Crippen LogP contribution < -0.4 is 16.3 Å². The van der Waals surface area contributed by atoms with Crippen molar-refractivity contribution in [1.82, 2.24) is 21.4 Å². The molecule has 2 heterocycles. The molecule has 1 spiro atoms. The molecular weight excluding hydrogens is 302 g/mol. The molecule has 1 aromatic carbocycles. The van der Waals surface area contributed by atoms with Gasteiger partial charge in [-0.25, -0.2) is 5.53 Å². The number of morpholine rings is 1. The smallest absolute Gasteiger partial charge is 0.145 e. The quantitative estimate of drug-likeness (QED) is 0.772. The summed E-state index contributed by atoms with van der Waals surface area (Å²) in [5.41, 5.74) is 7.28. The number of benzene rings is 1. The van der Waals surface area contributed by atoms with E-state index >= 15 is 0 Å². The Hall–Kier alpha value is -1.34. The lowest BCUT2D eigenvalue weighted by Crippen LogP contribution is -2.50. The summed E-state index contributed by atoms with van der Waals surface area (Å²) in [5.74, 6) is 1.33. The number of hydrazine groups is 2. The molecule has 2 unspecified atom stereocenters. The molecule has 1 aromatic rings. The second-order valence-corrected chi connectivity index (χ2v) is 6.75. The first-order chi connectivity index (χ1) is 10.6. The van der Waals surface area contributed by atoms with Gasteiger partial charge in [0.1, 0.15) is 5.84 Å². The highest BCUT2D eigenvalue weighted by Gasteiger charge is 2.60. The van der Waals surface area contributed by atoms with Crippen LogP contribution in [0.5, 0.6) is 0 Å². The molecule has 0 bridgehead atoms. The van der Waals surface area contributed by atoms with Crippen molar-refractivity contribution >= 4 is 17.4 Å². The first-order valence-corrected chi connectivity index (χ1v) is 7.98. The fraction of sp³-hybridized carbons (Fsp3) is 0.533. The molecule has 1 saturated carbocycles. The Morgan fingerprint density at radius 3 is 2.86 bits per heavy atom. The van der Waals surface area contributed by atoms with Gasteiger partial charge in [-0.3, -0.25) is 5.43 Å². The Kier molecular flexibility index (Phi) is 3.49. The lowest BCUT2D eigenvalue weighted by molar-refractivity contribution is -0.0197. The van der Waals surface area contributed by atoms with Crippen LogP contribution in [0.25, 0.3) is 0 Å². The van der Waals surface area contributed by atoms with Gasteiger partial charge in [0.05, 0.1) is 18.1 Å². The van der Waals surface area contributed by atoms with Gasteiger partial charge < -0.3 is 10.1 Å². The maximum Gasteiger partial charge on any atom is 0.145 e. The molecule has 2 fully saturated rings. The normalized spacial score (nSPS) is 34.2. The summed E-state index contributed by atoms with van der Waals surface area (Å²) in [4.78, 5) is 0. The monoisotopic (exact) mass is 321 g/mol. The van der Waals surface area contributed by atoms with Gasteiger partial charge in [-0.05, 0) is 30.5 Å². The van der Waals surface area contributed by atoms with E-state index < -0.39 is 0 Å². The number of ether oxygens (including phenoxy) is 1. The Labute approximate surface area is 134 Å². The van der Waals surface area contributed by atoms with Crippen molar-refractivity contribution in [3.05, 3.63) is 34.9 Å². The maximum absolute atomic E-state index is 6.19. The maximum atomic E-state index is 6.19. The van der Waals surface area contributed by atoms with Gasteiger partial charge >= 0.3 is 0 Å². The number of rotatable bonds is 3. The van der Waals surface area contributed by atoms with Gasteiger partial charge in [0.25, 0.3) is 0 Å². The predicted octanol–water partition coefficient (Wildman–Crippen LogP) is 0.898. The molecule has 0 radical (unpaired) electrons. The van der Waals surface area contributed by atoms with E-state index in [1.54, 1.807) is 5.12 Å². The largest absolute Gasteiger partial charge is 0.371 e. The summed E-state index contributed by atoms with van der Waals surface area (Å²) in [6.45, 7) is 1.61. The van der Waals surface area contributed by atoms with E-state index in [9.17, 15) is 0 Å². The topological polar surface area (TPSA) is 60.9 Å². The van der Waals surface area contributed by atoms with Gasteiger partial charge in [-0.2, -0.15) is 0 Å². The van der Waals surface area contributed by atoms with Crippen molar-refractivity contribution < 1.29 is 4.74 Å². The fourth-order valence-electron chi connectivity index (χ4n) is 3.22. The van der Waals surface area contributed by atoms with Crippen LogP contribution in [0.3, 0.4) is 0 Å². The predicted molar refractivity (Wildman–Crippen MR) is 85.2 cm³/mol. The summed E-state index contributed by atoms with van der Waals surface area (Å²) >= 11 is 5.92. The van der Waals surface area contributed by atoms with Crippen molar-refractivity contribution in [3.8, 4) is 0 Å². The van der Waals surface area contributed by atoms with E-state index in [-0.39, 0.29) is 5.60 Å². The zero-order chi connectivity index (χ0) is 15.2. The van der Waals surface area contributed by atoms with E-state index in [0.29, 0.717) is 12.0 Å². The molecule has 1 saturated heterocycles. The Morgan fingerprint density at radius 1 is 1.41 bits per heavy atom. The molecule has 118 valence electrons. The highest BCUT2D eigenvalue weighted by molar-refractivity contribution is 6.30. The molecule has 3 aliphatic rings. The molecule has 4 rings (SSSR count). The fourth-order valence-corrected chi connectivity index (χ4v) is 3.35. The number of hydrogen-bond acceptors (Lipinski definition) is 6. The van der Waals surface area contributed by atoms with Crippen LogP contribution >= 0.6 is 11.6 Å². The highest BCUT2D eigenvalue weighted by Crippen LogP contribution is 2.48. The molecule has 0 aromatic heterocycles. The molecule has 1 aliphatic carbocycles. The second-order valence-electron chi connectivity index (χ2n) is 6.31. The first-order valence-electron chi connectivity index (χ1n) is 7.60. The van der Waals surface area contributed by atoms with Gasteiger partial charge in [0, 0.05) is 24.7 Å². The first kappa shape index (κ1) is 14.3. The minimum atomic E-state index is -0.0742. The van der Waals surface area contributed by atoms with E-state index in [0.717, 1.165) is 36.9 Å². The summed E-state index contributed by atoms with van der Waals surface area (Å²) < 4.78 is 6.19. The van der Waals surface area contributed by atoms with Crippen molar-refractivity contribution in [2.75, 3.05) is 20.2 Å². The molecule has 22 heavy (non-hydrogen) atoms. The third-order valence-corrected chi connectivity index (χ3v) is 4.87. The third-order valence-electron chi connectivity index (χ3n) is 4.61. The molecule has 2 aliphatic heterocycles. The molecule has 6 nitrogen and oxygen atoms in total. The number of halogens is 1. The third kappa shape index (κ3) is 2.67. The standard InChI is InChI=1S/C15H20ClN5O/c1-21-19-14(18-20-21)13-7-15(13)9-17-12(8-22-15)6-10-2-4-11(16)5-3-10/h2-5,12-13,17,20H,6-9H2,1H3,(H,18,19)/t12-,13?,15?/m0/s1. The van der Waals surface area contributed by atoms with Crippen LogP contribution in [0.2, 0.25) is 5.02 Å². The molecule has 3 atom stereocenters. The average Bonchev–Trinajstić information content (AvgIpc) is 3.04. The molecule has 0 amide bonds. The Morgan fingerprint density at radius 2 is 2.23 bits per heavy atom. The highest BCUT2D eigenvalue weighted by atomic mass is 35.5. The summed E-state index contributed by atoms with van der Waals surface area (Å²) in [6.07, 6.45) is 1.98. The van der Waals surface area contributed by atoms with Gasteiger partial charge in [0.15, 0.2) is 0 Å². The summed E-state index contributed by atoms with van der Waals surface area (Å²) in [7, 11) is 1.90. The van der Waals surface area contributed by atoms with Gasteiger partial charge in [0.2, 0.25) is 0 Å². The summed E-state index contributed by atoms with van der Waals surface area (Å²) in [6, 6.07) is 8.38. The van der Waals surface area contributed by atoms with Crippen molar-refractivity contribution in [2.24, 2.45) is 11.0 Å². The van der Waals surface area contributed by atoms with E-state index in [1.165, 1.54) is 5.56 Å². The average molecular weight is 322 g/mol. The van der Waals surface area contributed by atoms with Crippen LogP contribution in [0, 0.1) is 5.92 Å². The second kappa shape index (κ2) is 5.38. The lowest BCUT2D eigenvalue weighted by Gasteiger charge is -2.31. The van der Waals surface area contributed by atoms with Crippen LogP contribution in [0.4, 0.5) is 0 Å². The molecule has 3 N–H and O–H groups in total. The van der Waals surface area contributed by atoms with Gasteiger partial charge in [-0.1, -0.05) is 23.7 Å². The molecular formula is C15H20ClN5O. The summed E-state index contributed by atoms with van der Waals surface area (Å²) in [5, 5.41) is 10.4. The number of nitrogens with zero attached hydrogens (tertiary/aromatic N) is 2. The van der Waals surface area contributed by atoms with Crippen LogP contribution in [0.15, 0.2) is 29.4 Å². The minimum Gasteiger partial charge on any atom is -0.371 e. The lowest BCUT2D eigenvalue weighted by atomic mass is 10.0. The Balaban J connectivity index is 1.31. The number of hydrazone groups is 1. The van der Waals surface area contributed by atoms with Crippen LogP contribution in [-0.4, -0.2) is 42.8 Å². The number of hydrogen-bond donors (Lipinski definition) is 3. The van der Waals surface area contributed by atoms with E-state index in [1.807, 2.05) is 19.2 Å². The zero-order valence-corrected chi connectivity index (χ0v) is 13.2. The van der Waals surface area contributed by atoms with Crippen LogP contribution in [0.1, 0.15) is 12.0 Å². The molecule has 7 heteroatoms. The minimum absolute atomic E-state index is 0.0742. The Bertz CT molecular complexity index is 582.